The van der Waals surface area contributed by atoms with Crippen molar-refractivity contribution in [2.45, 2.75) is 39.5 Å². The Kier molecular flexibility index (Phi) is 8.88. The fraction of sp³-hybridized carbons (Fsp3) is 0.258. The molecule has 0 spiro atoms. The van der Waals surface area contributed by atoms with E-state index in [4.69, 9.17) is 16.7 Å². The van der Waals surface area contributed by atoms with Crippen LogP contribution in [0, 0.1) is 17.0 Å². The van der Waals surface area contributed by atoms with Gasteiger partial charge in [-0.3, -0.25) is 19.7 Å². The first kappa shape index (κ1) is 29.5. The van der Waals surface area contributed by atoms with Crippen molar-refractivity contribution in [2.24, 2.45) is 0 Å². The average molecular weight is 574 g/mol. The van der Waals surface area contributed by atoms with Gasteiger partial charge in [-0.05, 0) is 36.6 Å². The van der Waals surface area contributed by atoms with Crippen molar-refractivity contribution in [1.29, 1.82) is 0 Å². The van der Waals surface area contributed by atoms with Gasteiger partial charge in [0.1, 0.15) is 12.4 Å². The predicted octanol–water partition coefficient (Wildman–Crippen LogP) is 6.36. The molecular formula is C31H32ClN5O4. The van der Waals surface area contributed by atoms with Gasteiger partial charge in [0.2, 0.25) is 5.91 Å². The van der Waals surface area contributed by atoms with E-state index in [0.29, 0.717) is 12.2 Å². The summed E-state index contributed by atoms with van der Waals surface area (Å²) in [5, 5.41) is 18.8. The second-order valence-electron chi connectivity index (χ2n) is 10.8. The Balaban J connectivity index is 1.63. The second-order valence-corrected chi connectivity index (χ2v) is 11.2. The lowest BCUT2D eigenvalue weighted by molar-refractivity contribution is -0.384. The number of anilines is 1. The minimum Gasteiger partial charge on any atom is -0.329 e. The Morgan fingerprint density at radius 1 is 1.02 bits per heavy atom. The summed E-state index contributed by atoms with van der Waals surface area (Å²) in [4.78, 5) is 39.0. The van der Waals surface area contributed by atoms with Crippen LogP contribution < -0.4 is 5.32 Å². The van der Waals surface area contributed by atoms with Crippen molar-refractivity contribution < 1.29 is 14.5 Å². The number of carbonyl (C=O) groups excluding carboxylic acids is 2. The van der Waals surface area contributed by atoms with Gasteiger partial charge in [0.05, 0.1) is 26.9 Å². The van der Waals surface area contributed by atoms with Crippen molar-refractivity contribution in [3.63, 3.8) is 0 Å². The molecule has 0 bridgehead atoms. The maximum Gasteiger partial charge on any atom is 0.270 e. The molecule has 3 aromatic carbocycles. The first-order valence-corrected chi connectivity index (χ1v) is 13.6. The number of nitro groups is 1. The van der Waals surface area contributed by atoms with Gasteiger partial charge in [0.15, 0.2) is 0 Å². The number of non-ortho nitro benzene ring substituents is 1. The van der Waals surface area contributed by atoms with Gasteiger partial charge in [-0.25, -0.2) is 4.68 Å². The molecule has 1 heterocycles. The van der Waals surface area contributed by atoms with Gasteiger partial charge >= 0.3 is 0 Å². The second kappa shape index (κ2) is 12.3. The molecule has 0 aliphatic carbocycles. The molecule has 1 aromatic heterocycles. The molecule has 0 saturated carbocycles. The highest BCUT2D eigenvalue weighted by atomic mass is 35.5. The van der Waals surface area contributed by atoms with Gasteiger partial charge < -0.3 is 10.2 Å². The smallest absolute Gasteiger partial charge is 0.270 e. The highest BCUT2D eigenvalue weighted by molar-refractivity contribution is 6.34. The molecule has 2 amide bonds. The highest BCUT2D eigenvalue weighted by Gasteiger charge is 2.25. The van der Waals surface area contributed by atoms with Crippen molar-refractivity contribution in [2.75, 3.05) is 18.4 Å². The number of nitro benzene ring substituents is 1. The fourth-order valence-corrected chi connectivity index (χ4v) is 4.56. The first-order valence-electron chi connectivity index (χ1n) is 13.2. The Morgan fingerprint density at radius 2 is 1.71 bits per heavy atom. The van der Waals surface area contributed by atoms with Crippen LogP contribution in [0.2, 0.25) is 5.02 Å². The zero-order chi connectivity index (χ0) is 29.7. The van der Waals surface area contributed by atoms with E-state index in [-0.39, 0.29) is 34.8 Å². The molecule has 10 heteroatoms. The van der Waals surface area contributed by atoms with Crippen LogP contribution in [0.25, 0.3) is 5.69 Å². The summed E-state index contributed by atoms with van der Waals surface area (Å²) >= 11 is 6.28. The Morgan fingerprint density at radius 3 is 2.34 bits per heavy atom. The summed E-state index contributed by atoms with van der Waals surface area (Å²) in [6.45, 7) is 8.07. The lowest BCUT2D eigenvalue weighted by Crippen LogP contribution is -2.39. The number of amides is 2. The summed E-state index contributed by atoms with van der Waals surface area (Å²) in [6.07, 6.45) is 0.500. The molecule has 4 rings (SSSR count). The van der Waals surface area contributed by atoms with Gasteiger partial charge in [-0.2, -0.15) is 5.10 Å². The van der Waals surface area contributed by atoms with Crippen LogP contribution in [0.3, 0.4) is 0 Å². The third kappa shape index (κ3) is 7.18. The van der Waals surface area contributed by atoms with Crippen molar-refractivity contribution in [3.8, 4) is 5.69 Å². The van der Waals surface area contributed by atoms with E-state index in [1.54, 1.807) is 4.68 Å². The van der Waals surface area contributed by atoms with E-state index in [9.17, 15) is 19.7 Å². The lowest BCUT2D eigenvalue weighted by atomic mass is 9.92. The normalized spacial score (nSPS) is 11.2. The Hall–Kier alpha value is -4.50. The zero-order valence-corrected chi connectivity index (χ0v) is 24.2. The van der Waals surface area contributed by atoms with E-state index in [1.807, 2.05) is 88.4 Å². The maximum absolute atomic E-state index is 13.6. The molecule has 0 saturated heterocycles. The number of halogens is 1. The van der Waals surface area contributed by atoms with Crippen molar-refractivity contribution in [1.82, 2.24) is 14.7 Å². The summed E-state index contributed by atoms with van der Waals surface area (Å²) in [5.74, 6) is -0.434. The highest BCUT2D eigenvalue weighted by Crippen LogP contribution is 2.28. The largest absolute Gasteiger partial charge is 0.329 e. The minimum absolute atomic E-state index is 0.0539. The summed E-state index contributed by atoms with van der Waals surface area (Å²) in [7, 11) is 0. The van der Waals surface area contributed by atoms with E-state index >= 15 is 0 Å². The van der Waals surface area contributed by atoms with E-state index in [2.05, 4.69) is 5.32 Å². The Labute approximate surface area is 243 Å². The molecule has 0 aliphatic rings. The van der Waals surface area contributed by atoms with Crippen LogP contribution in [0.5, 0.6) is 0 Å². The summed E-state index contributed by atoms with van der Waals surface area (Å²) in [5.41, 5.74) is 3.20. The number of nitrogens with one attached hydrogen (secondary N) is 1. The SMILES string of the molecule is Cc1ccccc1-n1nc(C(C)(C)C)cc1NC(=O)CN(CCc1ccccc1)C(=O)c1ccc([N+](=O)[O-])cc1Cl. The molecule has 1 N–H and O–H groups in total. The predicted molar refractivity (Wildman–Crippen MR) is 160 cm³/mol. The van der Waals surface area contributed by atoms with E-state index in [0.717, 1.165) is 28.6 Å². The molecule has 212 valence electrons. The molecule has 0 atom stereocenters. The number of carbonyl (C=O) groups is 2. The maximum atomic E-state index is 13.6. The van der Waals surface area contributed by atoms with Crippen molar-refractivity contribution >= 4 is 34.9 Å². The number of hydrogen-bond acceptors (Lipinski definition) is 5. The van der Waals surface area contributed by atoms with E-state index < -0.39 is 16.7 Å². The molecule has 0 unspecified atom stereocenters. The minimum atomic E-state index is -0.579. The first-order chi connectivity index (χ1) is 19.4. The standard InChI is InChI=1S/C31H32ClN5O4/c1-21-10-8-9-13-26(21)36-28(19-27(34-36)31(2,3)4)33-29(38)20-35(17-16-22-11-6-5-7-12-22)30(39)24-15-14-23(37(40)41)18-25(24)32/h5-15,18-19H,16-17,20H2,1-4H3,(H,33,38). The number of aromatic nitrogens is 2. The summed E-state index contributed by atoms with van der Waals surface area (Å²) in [6, 6.07) is 22.9. The number of benzene rings is 3. The number of nitrogens with zero attached hydrogens (tertiary/aromatic N) is 4. The van der Waals surface area contributed by atoms with Gasteiger partial charge in [-0.1, -0.05) is 80.9 Å². The number of aryl methyl sites for hydroxylation is 1. The fourth-order valence-electron chi connectivity index (χ4n) is 4.30. The average Bonchev–Trinajstić information content (AvgIpc) is 3.35. The zero-order valence-electron chi connectivity index (χ0n) is 23.4. The molecule has 0 fully saturated rings. The van der Waals surface area contributed by atoms with Crippen molar-refractivity contribution in [3.05, 3.63) is 116 Å². The summed E-state index contributed by atoms with van der Waals surface area (Å²) < 4.78 is 1.71. The molecule has 4 aromatic rings. The number of hydrogen-bond donors (Lipinski definition) is 1. The molecule has 9 nitrogen and oxygen atoms in total. The topological polar surface area (TPSA) is 110 Å². The molecular weight excluding hydrogens is 542 g/mol. The monoisotopic (exact) mass is 573 g/mol. The van der Waals surface area contributed by atoms with Crippen LogP contribution in [0.4, 0.5) is 11.5 Å². The Bertz CT molecular complexity index is 1580. The van der Waals surface area contributed by atoms with Gasteiger partial charge in [-0.15, -0.1) is 0 Å². The van der Waals surface area contributed by atoms with E-state index in [1.165, 1.54) is 17.0 Å². The van der Waals surface area contributed by atoms with Crippen LogP contribution in [-0.4, -0.2) is 44.5 Å². The third-order valence-corrected chi connectivity index (χ3v) is 6.93. The lowest BCUT2D eigenvalue weighted by Gasteiger charge is -2.23. The van der Waals surface area contributed by atoms with Crippen LogP contribution >= 0.6 is 11.6 Å². The van der Waals surface area contributed by atoms with Crippen LogP contribution in [0.15, 0.2) is 78.9 Å². The van der Waals surface area contributed by atoms with Crippen LogP contribution in [0.1, 0.15) is 48.0 Å². The van der Waals surface area contributed by atoms with Crippen LogP contribution in [-0.2, 0) is 16.6 Å². The molecule has 0 aliphatic heterocycles. The number of rotatable bonds is 9. The molecule has 0 radical (unpaired) electrons. The molecule has 41 heavy (non-hydrogen) atoms. The van der Waals surface area contributed by atoms with Gasteiger partial charge in [0, 0.05) is 30.2 Å². The quantitative estimate of drug-likeness (QED) is 0.185. The number of para-hydroxylation sites is 1. The third-order valence-electron chi connectivity index (χ3n) is 6.62. The van der Waals surface area contributed by atoms with Gasteiger partial charge in [0.25, 0.3) is 11.6 Å².